The number of hydrogen-bond donors (Lipinski definition) is 2. The third-order valence-corrected chi connectivity index (χ3v) is 5.67. The van der Waals surface area contributed by atoms with Crippen LogP contribution in [-0.2, 0) is 11.4 Å². The molecule has 2 aromatic heterocycles. The first-order chi connectivity index (χ1) is 17.8. The minimum atomic E-state index is -0.559. The maximum Gasteiger partial charge on any atom is 0.332 e. The Bertz CT molecular complexity index is 1540. The lowest BCUT2D eigenvalue weighted by Gasteiger charge is -2.17. The molecule has 13 heteroatoms. The molecule has 0 aliphatic rings. The van der Waals surface area contributed by atoms with Crippen molar-refractivity contribution in [3.63, 3.8) is 0 Å². The second-order valence-corrected chi connectivity index (χ2v) is 8.07. The maximum absolute atomic E-state index is 14.5. The first kappa shape index (κ1) is 25.8. The van der Waals surface area contributed by atoms with Gasteiger partial charge >= 0.3 is 5.69 Å². The number of benzene rings is 2. The van der Waals surface area contributed by atoms with Gasteiger partial charge in [0.15, 0.2) is 23.8 Å². The van der Waals surface area contributed by atoms with Gasteiger partial charge in [-0.2, -0.15) is 4.98 Å². The highest BCUT2D eigenvalue weighted by atomic mass is 35.5. The largest absolute Gasteiger partial charge is 0.496 e. The standard InChI is InChI=1S/C24H23ClFN5O6/c1-12-28-22-21(23(29-12)35-4)30-24(33)31(22)16-9-19(18(8-14(16)25)37-11-20(32)27-2)36-10-13-15(26)6-5-7-17(13)34-3/h5-9H,10-11H2,1-4H3,(H,27,32)(H,30,33). The number of carbonyl (C=O) groups is 1. The highest BCUT2D eigenvalue weighted by molar-refractivity contribution is 6.32. The van der Waals surface area contributed by atoms with E-state index < -0.39 is 17.4 Å². The van der Waals surface area contributed by atoms with Gasteiger partial charge in [0.05, 0.1) is 30.5 Å². The summed E-state index contributed by atoms with van der Waals surface area (Å²) in [6.45, 7) is 1.07. The van der Waals surface area contributed by atoms with E-state index in [4.69, 9.17) is 30.5 Å². The number of likely N-dealkylation sites (N-methyl/N-ethyl adjacent to an activating group) is 1. The average molecular weight is 532 g/mol. The van der Waals surface area contributed by atoms with Crippen LogP contribution in [-0.4, -0.2) is 53.3 Å². The average Bonchev–Trinajstić information content (AvgIpc) is 3.21. The number of hydrogen-bond acceptors (Lipinski definition) is 8. The van der Waals surface area contributed by atoms with Crippen LogP contribution in [0.15, 0.2) is 35.1 Å². The summed E-state index contributed by atoms with van der Waals surface area (Å²) >= 11 is 6.55. The summed E-state index contributed by atoms with van der Waals surface area (Å²) in [6, 6.07) is 7.21. The van der Waals surface area contributed by atoms with Gasteiger partial charge in [-0.25, -0.2) is 18.7 Å². The number of aryl methyl sites for hydroxylation is 1. The Labute approximate surface area is 215 Å². The number of H-pyrrole nitrogens is 1. The molecule has 0 aliphatic carbocycles. The van der Waals surface area contributed by atoms with E-state index in [-0.39, 0.29) is 63.8 Å². The molecule has 2 N–H and O–H groups in total. The molecular weight excluding hydrogens is 509 g/mol. The number of carbonyl (C=O) groups excluding carboxylic acids is 1. The van der Waals surface area contributed by atoms with Crippen LogP contribution in [0.2, 0.25) is 5.02 Å². The number of aromatic nitrogens is 4. The van der Waals surface area contributed by atoms with Crippen LogP contribution in [0, 0.1) is 12.7 Å². The summed E-state index contributed by atoms with van der Waals surface area (Å²) < 4.78 is 37.8. The van der Waals surface area contributed by atoms with Gasteiger partial charge in [-0.15, -0.1) is 0 Å². The van der Waals surface area contributed by atoms with Crippen molar-refractivity contribution in [1.29, 1.82) is 0 Å². The minimum absolute atomic E-state index is 0.0904. The molecule has 0 bridgehead atoms. The Hall–Kier alpha value is -4.32. The lowest BCUT2D eigenvalue weighted by Crippen LogP contribution is -2.25. The fraction of sp³-hybridized carbons (Fsp3) is 0.250. The molecule has 2 aromatic carbocycles. The third-order valence-electron chi connectivity index (χ3n) is 5.37. The molecule has 4 rings (SSSR count). The van der Waals surface area contributed by atoms with Gasteiger partial charge in [0.2, 0.25) is 5.88 Å². The van der Waals surface area contributed by atoms with Gasteiger partial charge in [-0.05, 0) is 19.1 Å². The fourth-order valence-corrected chi connectivity index (χ4v) is 3.83. The molecule has 0 atom stereocenters. The Morgan fingerprint density at radius 1 is 1.14 bits per heavy atom. The molecular formula is C24H23ClFN5O6. The molecule has 0 saturated heterocycles. The Balaban J connectivity index is 1.84. The molecule has 1 amide bonds. The number of ether oxygens (including phenoxy) is 4. The zero-order valence-corrected chi connectivity index (χ0v) is 21.1. The van der Waals surface area contributed by atoms with E-state index >= 15 is 0 Å². The number of fused-ring (bicyclic) bond motifs is 1. The lowest BCUT2D eigenvalue weighted by molar-refractivity contribution is -0.122. The molecule has 11 nitrogen and oxygen atoms in total. The van der Waals surface area contributed by atoms with E-state index in [2.05, 4.69) is 20.3 Å². The number of amides is 1. The number of aromatic amines is 1. The van der Waals surface area contributed by atoms with Gasteiger partial charge in [0.25, 0.3) is 5.91 Å². The van der Waals surface area contributed by atoms with E-state index in [0.717, 1.165) is 0 Å². The third kappa shape index (κ3) is 5.14. The van der Waals surface area contributed by atoms with E-state index in [9.17, 15) is 14.0 Å². The van der Waals surface area contributed by atoms with Crippen LogP contribution in [0.1, 0.15) is 11.4 Å². The fourth-order valence-electron chi connectivity index (χ4n) is 3.59. The maximum atomic E-state index is 14.5. The van der Waals surface area contributed by atoms with Gasteiger partial charge in [-0.3, -0.25) is 9.78 Å². The summed E-state index contributed by atoms with van der Waals surface area (Å²) in [4.78, 5) is 35.9. The highest BCUT2D eigenvalue weighted by Crippen LogP contribution is 2.37. The molecule has 0 saturated carbocycles. The van der Waals surface area contributed by atoms with Crippen LogP contribution in [0.25, 0.3) is 16.9 Å². The van der Waals surface area contributed by atoms with Crippen LogP contribution in [0.3, 0.4) is 0 Å². The summed E-state index contributed by atoms with van der Waals surface area (Å²) in [5.41, 5.74) is 0.289. The lowest BCUT2D eigenvalue weighted by atomic mass is 10.2. The summed E-state index contributed by atoms with van der Waals surface area (Å²) in [6.07, 6.45) is 0. The van der Waals surface area contributed by atoms with E-state index in [1.807, 2.05) is 0 Å². The SMILES string of the molecule is CNC(=O)COc1cc(Cl)c(-n2c(=O)[nH]c3c(OC)nc(C)nc32)cc1OCc1c(F)cccc1OC. The quantitative estimate of drug-likeness (QED) is 0.337. The van der Waals surface area contributed by atoms with E-state index in [1.54, 1.807) is 13.0 Å². The van der Waals surface area contributed by atoms with Crippen molar-refractivity contribution in [2.45, 2.75) is 13.5 Å². The number of imidazole rings is 1. The molecule has 4 aromatic rings. The van der Waals surface area contributed by atoms with E-state index in [1.165, 1.54) is 50.1 Å². The van der Waals surface area contributed by atoms with Crippen molar-refractivity contribution in [3.05, 3.63) is 63.0 Å². The molecule has 194 valence electrons. The number of halogens is 2. The van der Waals surface area contributed by atoms with Crippen molar-refractivity contribution in [2.75, 3.05) is 27.9 Å². The Kier molecular flexibility index (Phi) is 7.48. The van der Waals surface area contributed by atoms with Gasteiger partial charge < -0.3 is 24.3 Å². The second kappa shape index (κ2) is 10.7. The smallest absolute Gasteiger partial charge is 0.332 e. The first-order valence-electron chi connectivity index (χ1n) is 10.9. The summed E-state index contributed by atoms with van der Waals surface area (Å²) in [5, 5.41) is 2.55. The Morgan fingerprint density at radius 2 is 1.89 bits per heavy atom. The molecule has 37 heavy (non-hydrogen) atoms. The second-order valence-electron chi connectivity index (χ2n) is 7.67. The van der Waals surface area contributed by atoms with Crippen molar-refractivity contribution in [1.82, 2.24) is 24.8 Å². The molecule has 0 unspecified atom stereocenters. The first-order valence-corrected chi connectivity index (χ1v) is 11.3. The summed E-state index contributed by atoms with van der Waals surface area (Å²) in [5.74, 6) is 0.0956. The van der Waals surface area contributed by atoms with Gasteiger partial charge in [-0.1, -0.05) is 17.7 Å². The minimum Gasteiger partial charge on any atom is -0.496 e. The normalized spacial score (nSPS) is 10.9. The van der Waals surface area contributed by atoms with Gasteiger partial charge in [0.1, 0.15) is 29.5 Å². The highest BCUT2D eigenvalue weighted by Gasteiger charge is 2.21. The zero-order chi connectivity index (χ0) is 26.7. The molecule has 0 spiro atoms. The van der Waals surface area contributed by atoms with Crippen LogP contribution in [0.4, 0.5) is 4.39 Å². The molecule has 0 aliphatic heterocycles. The number of nitrogens with zero attached hydrogens (tertiary/aromatic N) is 3. The van der Waals surface area contributed by atoms with Gasteiger partial charge in [0, 0.05) is 19.2 Å². The van der Waals surface area contributed by atoms with Crippen molar-refractivity contribution in [3.8, 4) is 28.8 Å². The number of methoxy groups -OCH3 is 2. The van der Waals surface area contributed by atoms with Crippen molar-refractivity contribution < 1.29 is 28.1 Å². The number of rotatable bonds is 9. The Morgan fingerprint density at radius 3 is 2.59 bits per heavy atom. The number of nitrogens with one attached hydrogen (secondary N) is 2. The monoisotopic (exact) mass is 531 g/mol. The predicted octanol–water partition coefficient (Wildman–Crippen LogP) is 2.93. The van der Waals surface area contributed by atoms with Crippen LogP contribution >= 0.6 is 11.6 Å². The van der Waals surface area contributed by atoms with Crippen molar-refractivity contribution >= 4 is 28.7 Å². The predicted molar refractivity (Wildman–Crippen MR) is 133 cm³/mol. The van der Waals surface area contributed by atoms with Crippen molar-refractivity contribution in [2.24, 2.45) is 0 Å². The molecule has 0 radical (unpaired) electrons. The van der Waals surface area contributed by atoms with Crippen LogP contribution in [0.5, 0.6) is 23.1 Å². The topological polar surface area (TPSA) is 130 Å². The van der Waals surface area contributed by atoms with Crippen LogP contribution < -0.4 is 30.0 Å². The summed E-state index contributed by atoms with van der Waals surface area (Å²) in [7, 11) is 4.30. The van der Waals surface area contributed by atoms with E-state index in [0.29, 0.717) is 5.82 Å². The molecule has 2 heterocycles. The molecule has 0 fully saturated rings. The zero-order valence-electron chi connectivity index (χ0n) is 20.3.